The predicted octanol–water partition coefficient (Wildman–Crippen LogP) is 1.68. The second kappa shape index (κ2) is 4.36. The summed E-state index contributed by atoms with van der Waals surface area (Å²) in [6.45, 7) is 1.92. The molecule has 0 bridgehead atoms. The van der Waals surface area contributed by atoms with Crippen LogP contribution in [-0.2, 0) is 0 Å². The molecule has 0 aliphatic carbocycles. The highest BCUT2D eigenvalue weighted by molar-refractivity contribution is 5.47. The van der Waals surface area contributed by atoms with Gasteiger partial charge in [0.25, 0.3) is 0 Å². The summed E-state index contributed by atoms with van der Waals surface area (Å²) < 4.78 is 17.6. The van der Waals surface area contributed by atoms with Crippen LogP contribution >= 0.6 is 0 Å². The molecule has 0 saturated carbocycles. The second-order valence-corrected chi connectivity index (χ2v) is 3.33. The van der Waals surface area contributed by atoms with Crippen molar-refractivity contribution >= 4 is 0 Å². The van der Waals surface area contributed by atoms with Crippen LogP contribution in [0.3, 0.4) is 0 Å². The average molecular weight is 222 g/mol. The van der Waals surface area contributed by atoms with Gasteiger partial charge in [-0.3, -0.25) is 0 Å². The molecular weight excluding hydrogens is 211 g/mol. The van der Waals surface area contributed by atoms with Crippen LogP contribution in [0.2, 0.25) is 0 Å². The molecule has 0 spiro atoms. The first-order valence-corrected chi connectivity index (χ1v) is 4.92. The Morgan fingerprint density at radius 3 is 2.94 bits per heavy atom. The summed E-state index contributed by atoms with van der Waals surface area (Å²) in [5.41, 5.74) is 6.19. The zero-order chi connectivity index (χ0) is 11.5. The Bertz CT molecular complexity index is 468. The smallest absolute Gasteiger partial charge is 0.243 e. The summed E-state index contributed by atoms with van der Waals surface area (Å²) in [5, 5.41) is 3.73. The molecule has 2 aromatic rings. The van der Waals surface area contributed by atoms with E-state index in [1.165, 1.54) is 12.1 Å². The summed E-state index contributed by atoms with van der Waals surface area (Å²) in [7, 11) is 0. The van der Waals surface area contributed by atoms with Gasteiger partial charge in [0.1, 0.15) is 11.5 Å². The van der Waals surface area contributed by atoms with Gasteiger partial charge in [-0.05, 0) is 18.6 Å². The largest absolute Gasteiger partial charge is 0.337 e. The van der Waals surface area contributed by atoms with Gasteiger partial charge in [0, 0.05) is 0 Å². The van der Waals surface area contributed by atoms with Gasteiger partial charge in [0.05, 0.1) is 12.2 Å². The maximum Gasteiger partial charge on any atom is 0.243 e. The predicted molar refractivity (Wildman–Crippen MR) is 54.7 cm³/mol. The molecule has 0 aliphatic heterocycles. The molecule has 0 unspecified atom stereocenters. The third kappa shape index (κ3) is 2.06. The quantitative estimate of drug-likeness (QED) is 0.854. The molecule has 5 nitrogen and oxygen atoms in total. The number of halogens is 1. The molecule has 0 radical (unpaired) electrons. The fourth-order valence-corrected chi connectivity index (χ4v) is 1.17. The van der Waals surface area contributed by atoms with Gasteiger partial charge >= 0.3 is 0 Å². The molecule has 2 heterocycles. The van der Waals surface area contributed by atoms with Crippen LogP contribution in [0.15, 0.2) is 22.9 Å². The van der Waals surface area contributed by atoms with Gasteiger partial charge < -0.3 is 10.3 Å². The number of hydrogen-bond acceptors (Lipinski definition) is 5. The first kappa shape index (κ1) is 10.7. The average Bonchev–Trinajstić information content (AvgIpc) is 2.78. The Balaban J connectivity index is 2.28. The van der Waals surface area contributed by atoms with Crippen molar-refractivity contribution in [2.75, 3.05) is 0 Å². The molecule has 0 fully saturated rings. The SMILES string of the molecule is CC[C@H](N)c1nc(-c2ccc(F)cn2)no1. The Morgan fingerprint density at radius 2 is 2.31 bits per heavy atom. The van der Waals surface area contributed by atoms with Crippen molar-refractivity contribution in [1.29, 1.82) is 0 Å². The Kier molecular flexibility index (Phi) is 2.91. The number of aromatic nitrogens is 3. The van der Waals surface area contributed by atoms with E-state index in [9.17, 15) is 4.39 Å². The third-order valence-corrected chi connectivity index (χ3v) is 2.16. The van der Waals surface area contributed by atoms with Gasteiger partial charge in [-0.2, -0.15) is 4.98 Å². The minimum absolute atomic E-state index is 0.276. The second-order valence-electron chi connectivity index (χ2n) is 3.33. The summed E-state index contributed by atoms with van der Waals surface area (Å²) in [5.74, 6) is 0.278. The van der Waals surface area contributed by atoms with E-state index >= 15 is 0 Å². The van der Waals surface area contributed by atoms with E-state index in [-0.39, 0.29) is 6.04 Å². The third-order valence-electron chi connectivity index (χ3n) is 2.16. The van der Waals surface area contributed by atoms with E-state index in [0.717, 1.165) is 6.20 Å². The molecule has 2 rings (SSSR count). The molecule has 2 N–H and O–H groups in total. The van der Waals surface area contributed by atoms with Crippen molar-refractivity contribution in [3.63, 3.8) is 0 Å². The molecule has 0 saturated heterocycles. The van der Waals surface area contributed by atoms with E-state index in [0.29, 0.717) is 23.8 Å². The van der Waals surface area contributed by atoms with Crippen molar-refractivity contribution in [2.24, 2.45) is 5.73 Å². The maximum atomic E-state index is 12.6. The molecule has 0 amide bonds. The molecule has 16 heavy (non-hydrogen) atoms. The summed E-state index contributed by atoms with van der Waals surface area (Å²) in [4.78, 5) is 7.94. The highest BCUT2D eigenvalue weighted by Crippen LogP contribution is 2.17. The Hall–Kier alpha value is -1.82. The van der Waals surface area contributed by atoms with Crippen LogP contribution in [0.25, 0.3) is 11.5 Å². The molecule has 0 aromatic carbocycles. The first-order valence-electron chi connectivity index (χ1n) is 4.92. The van der Waals surface area contributed by atoms with E-state index in [2.05, 4.69) is 15.1 Å². The number of hydrogen-bond donors (Lipinski definition) is 1. The van der Waals surface area contributed by atoms with E-state index in [1.54, 1.807) is 0 Å². The van der Waals surface area contributed by atoms with Crippen LogP contribution in [0.4, 0.5) is 4.39 Å². The summed E-state index contributed by atoms with van der Waals surface area (Å²) >= 11 is 0. The Morgan fingerprint density at radius 1 is 1.50 bits per heavy atom. The zero-order valence-corrected chi connectivity index (χ0v) is 8.72. The van der Waals surface area contributed by atoms with E-state index in [4.69, 9.17) is 10.3 Å². The molecular formula is C10H11FN4O. The van der Waals surface area contributed by atoms with Crippen LogP contribution in [0.5, 0.6) is 0 Å². The summed E-state index contributed by atoms with van der Waals surface area (Å²) in [6, 6.07) is 2.50. The maximum absolute atomic E-state index is 12.6. The molecule has 1 atom stereocenters. The van der Waals surface area contributed by atoms with Gasteiger partial charge in [0.2, 0.25) is 11.7 Å². The topological polar surface area (TPSA) is 77.8 Å². The van der Waals surface area contributed by atoms with Crippen molar-refractivity contribution in [2.45, 2.75) is 19.4 Å². The van der Waals surface area contributed by atoms with Crippen LogP contribution in [0.1, 0.15) is 25.3 Å². The van der Waals surface area contributed by atoms with Crippen LogP contribution < -0.4 is 5.73 Å². The van der Waals surface area contributed by atoms with Gasteiger partial charge in [-0.15, -0.1) is 0 Å². The highest BCUT2D eigenvalue weighted by Gasteiger charge is 2.14. The number of pyridine rings is 1. The lowest BCUT2D eigenvalue weighted by molar-refractivity contribution is 0.352. The zero-order valence-electron chi connectivity index (χ0n) is 8.72. The van der Waals surface area contributed by atoms with Crippen molar-refractivity contribution in [1.82, 2.24) is 15.1 Å². The fourth-order valence-electron chi connectivity index (χ4n) is 1.17. The first-order chi connectivity index (χ1) is 7.70. The van der Waals surface area contributed by atoms with Crippen molar-refractivity contribution in [3.8, 4) is 11.5 Å². The molecule has 84 valence electrons. The molecule has 6 heteroatoms. The van der Waals surface area contributed by atoms with Gasteiger partial charge in [0.15, 0.2) is 0 Å². The number of rotatable bonds is 3. The monoisotopic (exact) mass is 222 g/mol. The Labute approximate surface area is 91.5 Å². The molecule has 2 aromatic heterocycles. The fraction of sp³-hybridized carbons (Fsp3) is 0.300. The lowest BCUT2D eigenvalue weighted by Gasteiger charge is -1.99. The standard InChI is InChI=1S/C10H11FN4O/c1-2-7(12)10-14-9(15-16-10)8-4-3-6(11)5-13-8/h3-5,7H,2,12H2,1H3/t7-/m0/s1. The van der Waals surface area contributed by atoms with Crippen molar-refractivity contribution in [3.05, 3.63) is 30.0 Å². The lowest BCUT2D eigenvalue weighted by atomic mass is 10.2. The van der Waals surface area contributed by atoms with E-state index in [1.807, 2.05) is 6.92 Å². The van der Waals surface area contributed by atoms with Gasteiger partial charge in [-0.25, -0.2) is 9.37 Å². The lowest BCUT2D eigenvalue weighted by Crippen LogP contribution is -2.08. The van der Waals surface area contributed by atoms with Crippen molar-refractivity contribution < 1.29 is 8.91 Å². The van der Waals surface area contributed by atoms with E-state index < -0.39 is 5.82 Å². The number of nitrogens with two attached hydrogens (primary N) is 1. The minimum Gasteiger partial charge on any atom is -0.337 e. The summed E-state index contributed by atoms with van der Waals surface area (Å²) in [6.07, 6.45) is 1.81. The van der Waals surface area contributed by atoms with Crippen LogP contribution in [0, 0.1) is 5.82 Å². The number of nitrogens with zero attached hydrogens (tertiary/aromatic N) is 3. The normalized spacial score (nSPS) is 12.7. The van der Waals surface area contributed by atoms with Crippen LogP contribution in [-0.4, -0.2) is 15.1 Å². The minimum atomic E-state index is -0.405. The molecule has 0 aliphatic rings. The van der Waals surface area contributed by atoms with Gasteiger partial charge in [-0.1, -0.05) is 12.1 Å². The highest BCUT2D eigenvalue weighted by atomic mass is 19.1.